The third-order valence-corrected chi connectivity index (χ3v) is 6.41. The molecule has 4 nitrogen and oxygen atoms in total. The molecule has 1 aliphatic heterocycles. The first-order valence-corrected chi connectivity index (χ1v) is 11.4. The summed E-state index contributed by atoms with van der Waals surface area (Å²) in [4.78, 5) is 15.2. The summed E-state index contributed by atoms with van der Waals surface area (Å²) in [6, 6.07) is 21.6. The summed E-state index contributed by atoms with van der Waals surface area (Å²) in [6.07, 6.45) is 1.84. The predicted octanol–water partition coefficient (Wildman–Crippen LogP) is 6.30. The molecule has 0 aliphatic carbocycles. The second kappa shape index (κ2) is 9.59. The fraction of sp³-hybridized carbons (Fsp3) is 0.154. The lowest BCUT2D eigenvalue weighted by Gasteiger charge is -2.16. The van der Waals surface area contributed by atoms with Gasteiger partial charge in [0, 0.05) is 0 Å². The molecule has 32 heavy (non-hydrogen) atoms. The van der Waals surface area contributed by atoms with Gasteiger partial charge in [-0.25, -0.2) is 0 Å². The molecule has 6 heteroatoms. The zero-order chi connectivity index (χ0) is 22.7. The predicted molar refractivity (Wildman–Crippen MR) is 135 cm³/mol. The second-order valence-corrected chi connectivity index (χ2v) is 9.17. The number of para-hydroxylation sites is 1. The van der Waals surface area contributed by atoms with Crippen LogP contribution in [0.5, 0.6) is 11.5 Å². The van der Waals surface area contributed by atoms with Gasteiger partial charge in [0.1, 0.15) is 6.61 Å². The molecule has 4 rings (SSSR count). The monoisotopic (exact) mass is 461 g/mol. The quantitative estimate of drug-likeness (QED) is 0.318. The number of nitrogens with zero attached hydrogens (tertiary/aromatic N) is 1. The Morgan fingerprint density at radius 1 is 1.00 bits per heavy atom. The van der Waals surface area contributed by atoms with Crippen LogP contribution in [0.15, 0.2) is 71.6 Å². The number of thiocarbonyl (C=S) groups is 1. The summed E-state index contributed by atoms with van der Waals surface area (Å²) in [5.41, 5.74) is 4.94. The molecule has 0 N–H and O–H groups in total. The lowest BCUT2D eigenvalue weighted by Crippen LogP contribution is -2.28. The number of amides is 1. The molecule has 0 saturated carbocycles. The van der Waals surface area contributed by atoms with Gasteiger partial charge in [-0.3, -0.25) is 9.69 Å². The van der Waals surface area contributed by atoms with Gasteiger partial charge < -0.3 is 9.47 Å². The maximum atomic E-state index is 13.1. The number of hydrogen-bond donors (Lipinski definition) is 0. The molecule has 0 bridgehead atoms. The number of methoxy groups -OCH3 is 1. The molecule has 0 atom stereocenters. The third-order valence-electron chi connectivity index (χ3n) is 5.11. The minimum absolute atomic E-state index is 0.118. The van der Waals surface area contributed by atoms with E-state index in [0.717, 1.165) is 22.4 Å². The fourth-order valence-corrected chi connectivity index (χ4v) is 4.78. The van der Waals surface area contributed by atoms with Crippen molar-refractivity contribution >= 4 is 46.0 Å². The number of hydrogen-bond acceptors (Lipinski definition) is 5. The molecular weight excluding hydrogens is 438 g/mol. The third kappa shape index (κ3) is 4.71. The highest BCUT2D eigenvalue weighted by atomic mass is 32.2. The Labute approximate surface area is 197 Å². The van der Waals surface area contributed by atoms with Crippen molar-refractivity contribution in [1.29, 1.82) is 0 Å². The van der Waals surface area contributed by atoms with Crippen molar-refractivity contribution in [1.82, 2.24) is 0 Å². The van der Waals surface area contributed by atoms with Gasteiger partial charge in [-0.2, -0.15) is 0 Å². The van der Waals surface area contributed by atoms with Crippen LogP contribution < -0.4 is 14.4 Å². The van der Waals surface area contributed by atoms with Gasteiger partial charge in [-0.1, -0.05) is 78.1 Å². The molecule has 1 aliphatic rings. The van der Waals surface area contributed by atoms with Crippen LogP contribution in [0.1, 0.15) is 22.3 Å². The molecule has 0 aromatic heterocycles. The molecule has 1 heterocycles. The van der Waals surface area contributed by atoms with Crippen molar-refractivity contribution in [3.63, 3.8) is 0 Å². The van der Waals surface area contributed by atoms with E-state index in [1.54, 1.807) is 12.0 Å². The molecule has 0 radical (unpaired) electrons. The molecule has 0 spiro atoms. The number of carbonyl (C=O) groups excluding carboxylic acids is 1. The second-order valence-electron chi connectivity index (χ2n) is 7.49. The Morgan fingerprint density at radius 3 is 2.56 bits per heavy atom. The van der Waals surface area contributed by atoms with E-state index >= 15 is 0 Å². The maximum Gasteiger partial charge on any atom is 0.270 e. The molecule has 162 valence electrons. The van der Waals surface area contributed by atoms with Gasteiger partial charge in [0.15, 0.2) is 15.8 Å². The lowest BCUT2D eigenvalue weighted by molar-refractivity contribution is -0.113. The highest BCUT2D eigenvalue weighted by Gasteiger charge is 2.33. The minimum atomic E-state index is -0.118. The highest BCUT2D eigenvalue weighted by molar-refractivity contribution is 8.27. The van der Waals surface area contributed by atoms with Gasteiger partial charge in [0.25, 0.3) is 5.91 Å². The number of thioether (sulfide) groups is 1. The molecule has 0 unspecified atom stereocenters. The summed E-state index contributed by atoms with van der Waals surface area (Å²) in [6.45, 7) is 4.48. The van der Waals surface area contributed by atoms with Crippen molar-refractivity contribution in [2.75, 3.05) is 12.0 Å². The summed E-state index contributed by atoms with van der Waals surface area (Å²) in [7, 11) is 1.61. The normalized spacial score (nSPS) is 14.8. The summed E-state index contributed by atoms with van der Waals surface area (Å²) >= 11 is 6.80. The van der Waals surface area contributed by atoms with Crippen molar-refractivity contribution in [3.05, 3.63) is 93.9 Å². The smallest absolute Gasteiger partial charge is 0.270 e. The number of aryl methyl sites for hydroxylation is 2. The van der Waals surface area contributed by atoms with Crippen LogP contribution >= 0.6 is 24.0 Å². The van der Waals surface area contributed by atoms with Gasteiger partial charge >= 0.3 is 0 Å². The first-order chi connectivity index (χ1) is 15.5. The average molecular weight is 462 g/mol. The van der Waals surface area contributed by atoms with E-state index in [1.807, 2.05) is 67.6 Å². The van der Waals surface area contributed by atoms with Crippen molar-refractivity contribution in [2.24, 2.45) is 0 Å². The molecule has 1 fully saturated rings. The van der Waals surface area contributed by atoms with Gasteiger partial charge in [-0.05, 0) is 54.8 Å². The van der Waals surface area contributed by atoms with Crippen molar-refractivity contribution in [2.45, 2.75) is 20.5 Å². The Hall–Kier alpha value is -3.09. The van der Waals surface area contributed by atoms with Crippen molar-refractivity contribution in [3.8, 4) is 11.5 Å². The Kier molecular flexibility index (Phi) is 6.63. The van der Waals surface area contributed by atoms with Crippen LogP contribution in [0.25, 0.3) is 6.08 Å². The minimum Gasteiger partial charge on any atom is -0.493 e. The van der Waals surface area contributed by atoms with Crippen LogP contribution in [0, 0.1) is 13.8 Å². The zero-order valence-corrected chi connectivity index (χ0v) is 19.8. The Bertz CT molecular complexity index is 1220. The van der Waals surface area contributed by atoms with Gasteiger partial charge in [0.2, 0.25) is 0 Å². The van der Waals surface area contributed by atoms with Crippen LogP contribution in [-0.4, -0.2) is 17.3 Å². The van der Waals surface area contributed by atoms with E-state index in [0.29, 0.717) is 27.3 Å². The number of anilines is 1. The highest BCUT2D eigenvalue weighted by Crippen LogP contribution is 2.38. The Balaban J connectivity index is 1.54. The van der Waals surface area contributed by atoms with E-state index in [9.17, 15) is 4.79 Å². The SMILES string of the molecule is COc1cc(/C=C2\SC(=S)N(c3ccccc3C)C2=O)ccc1OCc1cccc(C)c1. The zero-order valence-electron chi connectivity index (χ0n) is 18.1. The van der Waals surface area contributed by atoms with E-state index in [4.69, 9.17) is 21.7 Å². The summed E-state index contributed by atoms with van der Waals surface area (Å²) in [5, 5.41) is 0. The number of ether oxygens (including phenoxy) is 2. The van der Waals surface area contributed by atoms with Crippen LogP contribution in [0.2, 0.25) is 0 Å². The van der Waals surface area contributed by atoms with Gasteiger partial charge in [0.05, 0.1) is 17.7 Å². The van der Waals surface area contributed by atoms with E-state index in [-0.39, 0.29) is 5.91 Å². The van der Waals surface area contributed by atoms with Crippen molar-refractivity contribution < 1.29 is 14.3 Å². The molecule has 1 amide bonds. The van der Waals surface area contributed by atoms with E-state index < -0.39 is 0 Å². The van der Waals surface area contributed by atoms with Crippen LogP contribution in [-0.2, 0) is 11.4 Å². The number of carbonyl (C=O) groups is 1. The summed E-state index contributed by atoms with van der Waals surface area (Å²) in [5.74, 6) is 1.15. The average Bonchev–Trinajstić information content (AvgIpc) is 3.06. The molecule has 3 aromatic rings. The molecule has 3 aromatic carbocycles. The van der Waals surface area contributed by atoms with E-state index in [2.05, 4.69) is 19.1 Å². The maximum absolute atomic E-state index is 13.1. The Morgan fingerprint density at radius 2 is 1.81 bits per heavy atom. The fourth-order valence-electron chi connectivity index (χ4n) is 3.50. The summed E-state index contributed by atoms with van der Waals surface area (Å²) < 4.78 is 12.0. The topological polar surface area (TPSA) is 38.8 Å². The lowest BCUT2D eigenvalue weighted by atomic mass is 10.1. The standard InChI is InChI=1S/C26H23NO3S2/c1-17-7-6-9-20(13-17)16-30-22-12-11-19(14-23(22)29-3)15-24-25(28)27(26(31)32-24)21-10-5-4-8-18(21)2/h4-15H,16H2,1-3H3/b24-15-. The first-order valence-electron chi connectivity index (χ1n) is 10.2. The first kappa shape index (κ1) is 22.1. The molecular formula is C26H23NO3S2. The largest absolute Gasteiger partial charge is 0.493 e. The molecule has 1 saturated heterocycles. The van der Waals surface area contributed by atoms with Crippen LogP contribution in [0.4, 0.5) is 5.69 Å². The number of benzene rings is 3. The van der Waals surface area contributed by atoms with E-state index in [1.165, 1.54) is 17.3 Å². The number of rotatable bonds is 6. The van der Waals surface area contributed by atoms with Gasteiger partial charge in [-0.15, -0.1) is 0 Å². The van der Waals surface area contributed by atoms with Crippen LogP contribution in [0.3, 0.4) is 0 Å².